The number of para-hydroxylation sites is 2. The van der Waals surface area contributed by atoms with Gasteiger partial charge in [-0.15, -0.1) is 0 Å². The van der Waals surface area contributed by atoms with Crippen molar-refractivity contribution in [3.05, 3.63) is 83.2 Å². The minimum Gasteiger partial charge on any atom is -0.479 e. The average molecular weight is 487 g/mol. The number of fused-ring (bicyclic) bond motifs is 4. The van der Waals surface area contributed by atoms with E-state index in [0.717, 1.165) is 11.6 Å². The number of halogens is 3. The van der Waals surface area contributed by atoms with Gasteiger partial charge in [0.1, 0.15) is 11.4 Å². The molecule has 2 aromatic carbocycles. The van der Waals surface area contributed by atoms with E-state index in [-0.39, 0.29) is 7.33 Å². The smallest absolute Gasteiger partial charge is 0.431 e. The number of hydrogen-bond donors (Lipinski definition) is 1. The summed E-state index contributed by atoms with van der Waals surface area (Å²) in [6.45, 7) is 4.18. The Morgan fingerprint density at radius 1 is 1.03 bits per heavy atom. The van der Waals surface area contributed by atoms with Crippen molar-refractivity contribution in [1.29, 1.82) is 0 Å². The average Bonchev–Trinajstić information content (AvgIpc) is 3.26. The fraction of sp³-hybridized carbons (Fsp3) is 0.370. The number of rotatable bonds is 3. The molecule has 1 spiro atoms. The zero-order valence-electron chi connectivity index (χ0n) is 19.6. The normalized spacial score (nSPS) is 17.0. The van der Waals surface area contributed by atoms with Crippen LogP contribution in [-0.4, -0.2) is 39.2 Å². The Bertz CT molecular complexity index is 1250. The quantitative estimate of drug-likeness (QED) is 0.526. The van der Waals surface area contributed by atoms with Gasteiger partial charge >= 0.3 is 6.18 Å². The molecule has 1 fully saturated rings. The summed E-state index contributed by atoms with van der Waals surface area (Å²) in [4.78, 5) is 14.8. The molecule has 2 aliphatic rings. The number of nitrogens with zero attached hydrogens (tertiary/aromatic N) is 2. The highest BCUT2D eigenvalue weighted by atomic mass is 19.4. The van der Waals surface area contributed by atoms with Crippen LogP contribution in [0.15, 0.2) is 60.7 Å². The first-order chi connectivity index (χ1) is 16.5. The van der Waals surface area contributed by atoms with Crippen LogP contribution in [-0.2, 0) is 18.2 Å². The Kier molecular flexibility index (Phi) is 5.47. The molecule has 3 heterocycles. The number of piperidine rings is 1. The SMILES string of the molecule is CC(C)(O)Cc1ccc(C(=O)N2CCC3(CC2)Oc2ccccc2-n2c(C(F)(F)F)ccc23)cc1.[HH]. The molecule has 0 radical (unpaired) electrons. The number of carbonyl (C=O) groups is 1. The van der Waals surface area contributed by atoms with Crippen molar-refractivity contribution in [3.8, 4) is 11.4 Å². The van der Waals surface area contributed by atoms with Crippen molar-refractivity contribution in [1.82, 2.24) is 9.47 Å². The zero-order chi connectivity index (χ0) is 25.0. The first-order valence-corrected chi connectivity index (χ1v) is 11.7. The second-order valence-electron chi connectivity index (χ2n) is 9.98. The predicted molar refractivity (Wildman–Crippen MR) is 127 cm³/mol. The van der Waals surface area contributed by atoms with E-state index in [2.05, 4.69) is 0 Å². The highest BCUT2D eigenvalue weighted by Gasteiger charge is 2.48. The van der Waals surface area contributed by atoms with Crippen LogP contribution in [0.5, 0.6) is 5.75 Å². The summed E-state index contributed by atoms with van der Waals surface area (Å²) in [5.74, 6) is 0.279. The van der Waals surface area contributed by atoms with Crippen LogP contribution in [0, 0.1) is 0 Å². The molecule has 186 valence electrons. The fourth-order valence-electron chi connectivity index (χ4n) is 5.14. The van der Waals surface area contributed by atoms with Crippen molar-refractivity contribution in [2.75, 3.05) is 13.1 Å². The molecule has 1 N–H and O–H groups in total. The molecule has 35 heavy (non-hydrogen) atoms. The molecular weight excluding hydrogens is 457 g/mol. The van der Waals surface area contributed by atoms with E-state index in [0.29, 0.717) is 55.0 Å². The van der Waals surface area contributed by atoms with Gasteiger partial charge in [-0.1, -0.05) is 24.3 Å². The van der Waals surface area contributed by atoms with Crippen LogP contribution in [0.2, 0.25) is 0 Å². The van der Waals surface area contributed by atoms with E-state index in [4.69, 9.17) is 4.74 Å². The maximum absolute atomic E-state index is 13.8. The summed E-state index contributed by atoms with van der Waals surface area (Å²) in [5.41, 5.74) is -0.200. The van der Waals surface area contributed by atoms with Gasteiger partial charge < -0.3 is 19.3 Å². The van der Waals surface area contributed by atoms with Crippen LogP contribution in [0.1, 0.15) is 55.4 Å². The third-order valence-corrected chi connectivity index (χ3v) is 6.75. The van der Waals surface area contributed by atoms with Crippen LogP contribution in [0.25, 0.3) is 5.69 Å². The predicted octanol–water partition coefficient (Wildman–Crippen LogP) is 5.58. The number of benzene rings is 2. The molecule has 1 amide bonds. The summed E-state index contributed by atoms with van der Waals surface area (Å²) in [7, 11) is 0. The van der Waals surface area contributed by atoms with Gasteiger partial charge in [0.05, 0.1) is 17.0 Å². The maximum Gasteiger partial charge on any atom is 0.431 e. The van der Waals surface area contributed by atoms with Crippen LogP contribution in [0.3, 0.4) is 0 Å². The third kappa shape index (κ3) is 4.31. The van der Waals surface area contributed by atoms with E-state index >= 15 is 0 Å². The Labute approximate surface area is 203 Å². The fourth-order valence-corrected chi connectivity index (χ4v) is 5.14. The summed E-state index contributed by atoms with van der Waals surface area (Å²) in [5, 5.41) is 10.0. The molecule has 5 nitrogen and oxygen atoms in total. The number of aromatic nitrogens is 1. The molecule has 3 aromatic rings. The summed E-state index contributed by atoms with van der Waals surface area (Å²) < 4.78 is 49.0. The monoisotopic (exact) mass is 486 g/mol. The second-order valence-corrected chi connectivity index (χ2v) is 9.98. The van der Waals surface area contributed by atoms with Crippen molar-refractivity contribution >= 4 is 5.91 Å². The highest BCUT2D eigenvalue weighted by molar-refractivity contribution is 5.94. The maximum atomic E-state index is 13.8. The number of carbonyl (C=O) groups excluding carboxylic acids is 1. The first-order valence-electron chi connectivity index (χ1n) is 11.7. The van der Waals surface area contributed by atoms with Gasteiger partial charge in [0, 0.05) is 39.3 Å². The van der Waals surface area contributed by atoms with Crippen molar-refractivity contribution in [3.63, 3.8) is 0 Å². The van der Waals surface area contributed by atoms with E-state index in [1.165, 1.54) is 10.6 Å². The lowest BCUT2D eigenvalue weighted by molar-refractivity contribution is -0.143. The van der Waals surface area contributed by atoms with Crippen molar-refractivity contribution < 1.29 is 29.2 Å². The van der Waals surface area contributed by atoms with Gasteiger partial charge in [-0.25, -0.2) is 0 Å². The number of aliphatic hydroxyl groups is 1. The number of alkyl halides is 3. The van der Waals surface area contributed by atoms with E-state index in [1.54, 1.807) is 55.1 Å². The molecule has 2 aliphatic heterocycles. The molecule has 0 saturated carbocycles. The van der Waals surface area contributed by atoms with E-state index in [9.17, 15) is 23.1 Å². The number of hydrogen-bond acceptors (Lipinski definition) is 3. The first kappa shape index (κ1) is 23.5. The number of ether oxygens (including phenoxy) is 1. The Hall–Kier alpha value is -3.26. The van der Waals surface area contributed by atoms with Gasteiger partial charge in [-0.2, -0.15) is 13.2 Å². The lowest BCUT2D eigenvalue weighted by Crippen LogP contribution is -2.50. The third-order valence-electron chi connectivity index (χ3n) is 6.75. The minimum atomic E-state index is -4.50. The van der Waals surface area contributed by atoms with E-state index < -0.39 is 23.1 Å². The van der Waals surface area contributed by atoms with Gasteiger partial charge in [-0.05, 0) is 55.8 Å². The highest BCUT2D eigenvalue weighted by Crippen LogP contribution is 2.48. The summed E-state index contributed by atoms with van der Waals surface area (Å²) >= 11 is 0. The molecular formula is C27H29F3N2O3. The summed E-state index contributed by atoms with van der Waals surface area (Å²) in [6, 6.07) is 16.5. The molecule has 0 atom stereocenters. The van der Waals surface area contributed by atoms with Crippen LogP contribution < -0.4 is 4.74 Å². The lowest BCUT2D eigenvalue weighted by atomic mass is 9.86. The Morgan fingerprint density at radius 3 is 2.31 bits per heavy atom. The van der Waals surface area contributed by atoms with Gasteiger partial charge in [-0.3, -0.25) is 4.79 Å². The Balaban J connectivity index is 0.00000304. The van der Waals surface area contributed by atoms with Crippen molar-refractivity contribution in [2.24, 2.45) is 0 Å². The topological polar surface area (TPSA) is 54.7 Å². The molecule has 0 bridgehead atoms. The molecule has 1 saturated heterocycles. The van der Waals surface area contributed by atoms with Gasteiger partial charge in [0.15, 0.2) is 5.60 Å². The molecule has 0 unspecified atom stereocenters. The molecule has 8 heteroatoms. The van der Waals surface area contributed by atoms with Crippen LogP contribution in [0.4, 0.5) is 13.2 Å². The minimum absolute atomic E-state index is 0. The lowest BCUT2D eigenvalue weighted by Gasteiger charge is -2.45. The standard InChI is InChI=1S/C27H27F3N2O3.H2/c1-25(2,34)17-18-7-9-19(10-8-18)24(33)31-15-13-26(14-16-31)22-11-12-23(27(28,29)30)32(22)20-5-3-4-6-21(20)35-26;/h3-12,34H,13-17H2,1-2H3;1H. The summed E-state index contributed by atoms with van der Waals surface area (Å²) in [6.07, 6.45) is -3.26. The number of likely N-dealkylation sites (tertiary alicyclic amines) is 1. The second kappa shape index (κ2) is 8.16. The van der Waals surface area contributed by atoms with Gasteiger partial charge in [0.25, 0.3) is 5.91 Å². The largest absolute Gasteiger partial charge is 0.479 e. The molecule has 5 rings (SSSR count). The van der Waals surface area contributed by atoms with E-state index in [1.807, 2.05) is 12.1 Å². The van der Waals surface area contributed by atoms with Crippen molar-refractivity contribution in [2.45, 2.75) is 50.5 Å². The van der Waals surface area contributed by atoms with Crippen LogP contribution >= 0.6 is 0 Å². The van der Waals surface area contributed by atoms with Gasteiger partial charge in [0.2, 0.25) is 0 Å². The molecule has 0 aliphatic carbocycles. The number of amides is 1. The molecule has 1 aromatic heterocycles. The Morgan fingerprint density at radius 2 is 1.69 bits per heavy atom. The zero-order valence-corrected chi connectivity index (χ0v) is 19.6.